The lowest BCUT2D eigenvalue weighted by molar-refractivity contribution is 0.115. The molecule has 19 heavy (non-hydrogen) atoms. The zero-order valence-corrected chi connectivity index (χ0v) is 11.2. The summed E-state index contributed by atoms with van der Waals surface area (Å²) in [4.78, 5) is 6.85. The van der Waals surface area contributed by atoms with E-state index in [1.807, 2.05) is 18.5 Å². The van der Waals surface area contributed by atoms with Gasteiger partial charge in [-0.25, -0.2) is 4.98 Å². The first-order valence-electron chi connectivity index (χ1n) is 6.57. The maximum Gasteiger partial charge on any atom is 0.122 e. The number of rotatable bonds is 4. The smallest absolute Gasteiger partial charge is 0.122 e. The average Bonchev–Trinajstić information content (AvgIpc) is 3.00. The third kappa shape index (κ3) is 2.88. The van der Waals surface area contributed by atoms with Crippen LogP contribution in [0.3, 0.4) is 0 Å². The molecule has 5 nitrogen and oxygen atoms in total. The third-order valence-corrected chi connectivity index (χ3v) is 3.53. The van der Waals surface area contributed by atoms with Crippen LogP contribution in [0, 0.1) is 5.92 Å². The number of furan rings is 1. The molecule has 0 fully saturated rings. The number of imidazole rings is 1. The fraction of sp³-hybridized carbons (Fsp3) is 0.500. The van der Waals surface area contributed by atoms with Gasteiger partial charge in [0.05, 0.1) is 25.7 Å². The Bertz CT molecular complexity index is 507. The molecule has 1 atom stereocenters. The van der Waals surface area contributed by atoms with E-state index >= 15 is 0 Å². The predicted octanol–water partition coefficient (Wildman–Crippen LogP) is 1.75. The van der Waals surface area contributed by atoms with Crippen molar-refractivity contribution in [2.24, 2.45) is 5.92 Å². The summed E-state index contributed by atoms with van der Waals surface area (Å²) in [5.41, 5.74) is 1.20. The molecule has 0 saturated heterocycles. The van der Waals surface area contributed by atoms with Crippen molar-refractivity contribution in [2.45, 2.75) is 19.6 Å². The lowest BCUT2D eigenvalue weighted by Crippen LogP contribution is -2.29. The monoisotopic (exact) mass is 261 g/mol. The molecule has 1 aliphatic heterocycles. The van der Waals surface area contributed by atoms with Gasteiger partial charge in [0.1, 0.15) is 5.82 Å². The molecule has 2 aromatic heterocycles. The molecule has 102 valence electrons. The van der Waals surface area contributed by atoms with E-state index in [0.717, 1.165) is 38.6 Å². The number of hydrogen-bond acceptors (Lipinski definition) is 4. The minimum absolute atomic E-state index is 0.493. The van der Waals surface area contributed by atoms with Gasteiger partial charge in [0.15, 0.2) is 0 Å². The van der Waals surface area contributed by atoms with Crippen molar-refractivity contribution in [3.05, 3.63) is 42.4 Å². The zero-order chi connectivity index (χ0) is 13.1. The second-order valence-electron chi connectivity index (χ2n) is 5.12. The normalized spacial score (nSPS) is 20.2. The number of aromatic nitrogens is 2. The van der Waals surface area contributed by atoms with Crippen LogP contribution in [-0.2, 0) is 24.4 Å². The van der Waals surface area contributed by atoms with Crippen LogP contribution in [0.5, 0.6) is 0 Å². The fourth-order valence-corrected chi connectivity index (χ4v) is 2.73. The first-order chi connectivity index (χ1) is 9.35. The second-order valence-corrected chi connectivity index (χ2v) is 5.12. The van der Waals surface area contributed by atoms with Gasteiger partial charge in [-0.1, -0.05) is 0 Å². The van der Waals surface area contributed by atoms with Crippen LogP contribution in [0.1, 0.15) is 11.4 Å². The second kappa shape index (κ2) is 5.59. The maximum atomic E-state index is 5.33. The molecule has 0 amide bonds. The third-order valence-electron chi connectivity index (χ3n) is 3.53. The van der Waals surface area contributed by atoms with Crippen LogP contribution in [0.2, 0.25) is 0 Å². The standard InChI is InChI=1S/C14H19N3O2/c1-18-10-13-7-16(6-12-2-5-19-11-12)9-14-15-3-4-17(14)8-13/h2-5,11,13H,6-10H2,1H3/t13-/m0/s1. The molecule has 0 aliphatic carbocycles. The van der Waals surface area contributed by atoms with Gasteiger partial charge in [-0.2, -0.15) is 0 Å². The molecule has 0 aromatic carbocycles. The van der Waals surface area contributed by atoms with Crippen LogP contribution < -0.4 is 0 Å². The highest BCUT2D eigenvalue weighted by Crippen LogP contribution is 2.18. The van der Waals surface area contributed by atoms with Crippen LogP contribution in [-0.4, -0.2) is 34.7 Å². The summed E-state index contributed by atoms with van der Waals surface area (Å²) in [6.07, 6.45) is 7.46. The van der Waals surface area contributed by atoms with Crippen LogP contribution >= 0.6 is 0 Å². The Morgan fingerprint density at radius 2 is 2.42 bits per heavy atom. The molecule has 0 spiro atoms. The van der Waals surface area contributed by atoms with E-state index < -0.39 is 0 Å². The largest absolute Gasteiger partial charge is 0.472 e. The van der Waals surface area contributed by atoms with Gasteiger partial charge >= 0.3 is 0 Å². The van der Waals surface area contributed by atoms with E-state index in [2.05, 4.69) is 20.6 Å². The summed E-state index contributed by atoms with van der Waals surface area (Å²) in [7, 11) is 1.76. The molecule has 3 rings (SSSR count). The molecule has 0 bridgehead atoms. The number of ether oxygens (including phenoxy) is 1. The van der Waals surface area contributed by atoms with Crippen molar-refractivity contribution in [1.82, 2.24) is 14.5 Å². The van der Waals surface area contributed by atoms with Crippen LogP contribution in [0.15, 0.2) is 35.4 Å². The molecule has 3 heterocycles. The maximum absolute atomic E-state index is 5.33. The van der Waals surface area contributed by atoms with Crippen molar-refractivity contribution in [3.8, 4) is 0 Å². The van der Waals surface area contributed by atoms with E-state index in [0.29, 0.717) is 5.92 Å². The number of hydrogen-bond donors (Lipinski definition) is 0. The predicted molar refractivity (Wildman–Crippen MR) is 70.4 cm³/mol. The highest BCUT2D eigenvalue weighted by molar-refractivity contribution is 5.06. The van der Waals surface area contributed by atoms with Crippen LogP contribution in [0.4, 0.5) is 0 Å². The molecular formula is C14H19N3O2. The van der Waals surface area contributed by atoms with Gasteiger partial charge < -0.3 is 13.7 Å². The lowest BCUT2D eigenvalue weighted by Gasteiger charge is -2.22. The van der Waals surface area contributed by atoms with E-state index in [-0.39, 0.29) is 0 Å². The highest BCUT2D eigenvalue weighted by Gasteiger charge is 2.22. The minimum Gasteiger partial charge on any atom is -0.472 e. The van der Waals surface area contributed by atoms with E-state index in [9.17, 15) is 0 Å². The topological polar surface area (TPSA) is 43.4 Å². The zero-order valence-electron chi connectivity index (χ0n) is 11.2. The quantitative estimate of drug-likeness (QED) is 0.841. The van der Waals surface area contributed by atoms with Crippen molar-refractivity contribution < 1.29 is 9.15 Å². The van der Waals surface area contributed by atoms with E-state index in [4.69, 9.17) is 9.15 Å². The highest BCUT2D eigenvalue weighted by atomic mass is 16.5. The first-order valence-corrected chi connectivity index (χ1v) is 6.57. The van der Waals surface area contributed by atoms with Gasteiger partial charge in [-0.05, 0) is 6.07 Å². The molecule has 0 unspecified atom stereocenters. The Morgan fingerprint density at radius 3 is 3.21 bits per heavy atom. The summed E-state index contributed by atoms with van der Waals surface area (Å²) in [6.45, 7) is 4.54. The van der Waals surface area contributed by atoms with Crippen molar-refractivity contribution in [1.29, 1.82) is 0 Å². The van der Waals surface area contributed by atoms with Crippen molar-refractivity contribution in [2.75, 3.05) is 20.3 Å². The Morgan fingerprint density at radius 1 is 1.47 bits per heavy atom. The summed E-state index contributed by atoms with van der Waals surface area (Å²) in [5, 5.41) is 0. The molecule has 0 N–H and O–H groups in total. The molecule has 2 aromatic rings. The van der Waals surface area contributed by atoms with E-state index in [1.54, 1.807) is 13.4 Å². The minimum atomic E-state index is 0.493. The molecule has 1 aliphatic rings. The van der Waals surface area contributed by atoms with Crippen molar-refractivity contribution >= 4 is 0 Å². The van der Waals surface area contributed by atoms with Gasteiger partial charge in [0.25, 0.3) is 0 Å². The molecule has 0 radical (unpaired) electrons. The summed E-state index contributed by atoms with van der Waals surface area (Å²) >= 11 is 0. The first kappa shape index (κ1) is 12.4. The Kier molecular flexibility index (Phi) is 3.66. The number of methoxy groups -OCH3 is 1. The van der Waals surface area contributed by atoms with Gasteiger partial charge in [-0.15, -0.1) is 0 Å². The summed E-state index contributed by atoms with van der Waals surface area (Å²) in [5.74, 6) is 1.62. The fourth-order valence-electron chi connectivity index (χ4n) is 2.73. The molecule has 0 saturated carbocycles. The lowest BCUT2D eigenvalue weighted by atomic mass is 10.1. The Labute approximate surface area is 112 Å². The summed E-state index contributed by atoms with van der Waals surface area (Å²) in [6, 6.07) is 2.02. The van der Waals surface area contributed by atoms with Gasteiger partial charge in [0, 0.05) is 50.6 Å². The Hall–Kier alpha value is -1.59. The number of fused-ring (bicyclic) bond motifs is 1. The van der Waals surface area contributed by atoms with Gasteiger partial charge in [0.2, 0.25) is 0 Å². The SMILES string of the molecule is COC[C@H]1CN(Cc2ccoc2)Cc2nccn2C1. The van der Waals surface area contributed by atoms with Crippen molar-refractivity contribution in [3.63, 3.8) is 0 Å². The van der Waals surface area contributed by atoms with E-state index in [1.165, 1.54) is 5.56 Å². The summed E-state index contributed by atoms with van der Waals surface area (Å²) < 4.78 is 12.7. The van der Waals surface area contributed by atoms with Gasteiger partial charge in [-0.3, -0.25) is 4.90 Å². The average molecular weight is 261 g/mol. The molecular weight excluding hydrogens is 242 g/mol. The number of nitrogens with zero attached hydrogens (tertiary/aromatic N) is 3. The Balaban J connectivity index is 1.76. The van der Waals surface area contributed by atoms with Crippen LogP contribution in [0.25, 0.3) is 0 Å². The molecule has 5 heteroatoms.